The first-order valence-corrected chi connectivity index (χ1v) is 11.2. The molecule has 1 aromatic heterocycles. The number of hydrogen-bond donors (Lipinski definition) is 1. The minimum Gasteiger partial charge on any atom is -0.497 e. The molecule has 0 saturated carbocycles. The summed E-state index contributed by atoms with van der Waals surface area (Å²) in [5, 5.41) is 7.51. The fourth-order valence-corrected chi connectivity index (χ4v) is 3.30. The SMILES string of the molecule is COc1ccc(-c2nc(OCC(C)C)nn2-c2ccc(NC(=O)c3ccc(C)cc3)cc2)cc1. The van der Waals surface area contributed by atoms with E-state index in [9.17, 15) is 4.79 Å². The van der Waals surface area contributed by atoms with Gasteiger partial charge in [-0.05, 0) is 73.5 Å². The largest absolute Gasteiger partial charge is 0.497 e. The van der Waals surface area contributed by atoms with E-state index in [1.807, 2.05) is 79.7 Å². The first-order chi connectivity index (χ1) is 16.4. The molecular weight excluding hydrogens is 428 g/mol. The highest BCUT2D eigenvalue weighted by atomic mass is 16.5. The number of hydrogen-bond acceptors (Lipinski definition) is 5. The van der Waals surface area contributed by atoms with Crippen LogP contribution in [0.3, 0.4) is 0 Å². The molecule has 0 unspecified atom stereocenters. The number of carbonyl (C=O) groups is 1. The third kappa shape index (κ3) is 5.43. The first-order valence-electron chi connectivity index (χ1n) is 11.2. The van der Waals surface area contributed by atoms with Crippen LogP contribution >= 0.6 is 0 Å². The molecule has 0 aliphatic heterocycles. The van der Waals surface area contributed by atoms with Crippen LogP contribution in [0.1, 0.15) is 29.8 Å². The molecule has 1 heterocycles. The number of methoxy groups -OCH3 is 1. The van der Waals surface area contributed by atoms with Crippen molar-refractivity contribution < 1.29 is 14.3 Å². The number of aromatic nitrogens is 3. The van der Waals surface area contributed by atoms with E-state index in [1.165, 1.54) is 0 Å². The van der Waals surface area contributed by atoms with E-state index in [2.05, 4.69) is 29.2 Å². The summed E-state index contributed by atoms with van der Waals surface area (Å²) in [7, 11) is 1.63. The summed E-state index contributed by atoms with van der Waals surface area (Å²) in [5.41, 5.74) is 4.09. The molecule has 0 saturated heterocycles. The second kappa shape index (κ2) is 10.2. The average Bonchev–Trinajstić information content (AvgIpc) is 3.28. The zero-order valence-corrected chi connectivity index (χ0v) is 19.8. The van der Waals surface area contributed by atoms with Crippen LogP contribution in [0.4, 0.5) is 5.69 Å². The minimum absolute atomic E-state index is 0.156. The van der Waals surface area contributed by atoms with E-state index in [0.717, 1.165) is 22.6 Å². The summed E-state index contributed by atoms with van der Waals surface area (Å²) in [6.07, 6.45) is 0. The molecule has 0 spiro atoms. The minimum atomic E-state index is -0.156. The van der Waals surface area contributed by atoms with Crippen LogP contribution in [0, 0.1) is 12.8 Å². The number of nitrogens with zero attached hydrogens (tertiary/aromatic N) is 3. The van der Waals surface area contributed by atoms with Crippen LogP contribution in [0.15, 0.2) is 72.8 Å². The van der Waals surface area contributed by atoms with Gasteiger partial charge in [0.25, 0.3) is 5.91 Å². The maximum absolute atomic E-state index is 12.5. The summed E-state index contributed by atoms with van der Waals surface area (Å²) in [6, 6.07) is 22.9. The third-order valence-corrected chi connectivity index (χ3v) is 5.17. The predicted octanol–water partition coefficient (Wildman–Crippen LogP) is 5.54. The maximum atomic E-state index is 12.5. The van der Waals surface area contributed by atoms with E-state index < -0.39 is 0 Å². The highest BCUT2D eigenvalue weighted by molar-refractivity contribution is 6.04. The van der Waals surface area contributed by atoms with Crippen LogP contribution in [-0.2, 0) is 0 Å². The number of benzene rings is 3. The zero-order chi connectivity index (χ0) is 24.1. The number of carbonyl (C=O) groups excluding carboxylic acids is 1. The van der Waals surface area contributed by atoms with E-state index in [4.69, 9.17) is 9.47 Å². The topological polar surface area (TPSA) is 78.3 Å². The molecule has 0 fully saturated rings. The smallest absolute Gasteiger partial charge is 0.336 e. The van der Waals surface area contributed by atoms with E-state index in [0.29, 0.717) is 35.6 Å². The molecule has 0 atom stereocenters. The zero-order valence-electron chi connectivity index (χ0n) is 19.8. The Morgan fingerprint density at radius 2 is 1.65 bits per heavy atom. The Hall–Kier alpha value is -4.13. The van der Waals surface area contributed by atoms with Gasteiger partial charge in [0.05, 0.1) is 19.4 Å². The summed E-state index contributed by atoms with van der Waals surface area (Å²) in [6.45, 7) is 6.66. The molecule has 0 aliphatic carbocycles. The molecule has 4 rings (SSSR count). The van der Waals surface area contributed by atoms with Crippen LogP contribution in [0.2, 0.25) is 0 Å². The standard InChI is InChI=1S/C27H28N4O3/c1-18(2)17-34-27-29-25(20-9-15-24(33-4)16-10-20)31(30-27)23-13-11-22(12-14-23)28-26(32)21-7-5-19(3)6-8-21/h5-16,18H,17H2,1-4H3,(H,28,32). The number of anilines is 1. The van der Waals surface area contributed by atoms with Crippen LogP contribution in [0.5, 0.6) is 11.8 Å². The molecular formula is C27H28N4O3. The van der Waals surface area contributed by atoms with Crippen molar-refractivity contribution in [3.63, 3.8) is 0 Å². The summed E-state index contributed by atoms with van der Waals surface area (Å²) in [5.74, 6) is 1.61. The average molecular weight is 457 g/mol. The molecule has 1 amide bonds. The van der Waals surface area contributed by atoms with Crippen molar-refractivity contribution in [2.45, 2.75) is 20.8 Å². The van der Waals surface area contributed by atoms with Crippen molar-refractivity contribution >= 4 is 11.6 Å². The lowest BCUT2D eigenvalue weighted by atomic mass is 10.1. The lowest BCUT2D eigenvalue weighted by Gasteiger charge is -2.09. The quantitative estimate of drug-likeness (QED) is 0.377. The lowest BCUT2D eigenvalue weighted by Crippen LogP contribution is -2.11. The lowest BCUT2D eigenvalue weighted by molar-refractivity contribution is 0.102. The van der Waals surface area contributed by atoms with Crippen molar-refractivity contribution in [1.82, 2.24) is 14.8 Å². The maximum Gasteiger partial charge on any atom is 0.336 e. The van der Waals surface area contributed by atoms with Gasteiger partial charge in [-0.1, -0.05) is 31.5 Å². The summed E-state index contributed by atoms with van der Waals surface area (Å²) in [4.78, 5) is 17.2. The Bertz CT molecular complexity index is 1240. The van der Waals surface area contributed by atoms with Gasteiger partial charge in [0, 0.05) is 16.8 Å². The molecule has 7 nitrogen and oxygen atoms in total. The van der Waals surface area contributed by atoms with E-state index >= 15 is 0 Å². The van der Waals surface area contributed by atoms with Crippen molar-refractivity contribution in [3.8, 4) is 28.8 Å². The highest BCUT2D eigenvalue weighted by Gasteiger charge is 2.16. The second-order valence-electron chi connectivity index (χ2n) is 8.43. The number of nitrogens with one attached hydrogen (secondary N) is 1. The van der Waals surface area contributed by atoms with Gasteiger partial charge in [0.15, 0.2) is 5.82 Å². The van der Waals surface area contributed by atoms with Gasteiger partial charge in [0.1, 0.15) is 5.75 Å². The summed E-state index contributed by atoms with van der Waals surface area (Å²) < 4.78 is 12.8. The number of ether oxygens (including phenoxy) is 2. The summed E-state index contributed by atoms with van der Waals surface area (Å²) >= 11 is 0. The third-order valence-electron chi connectivity index (χ3n) is 5.17. The van der Waals surface area contributed by atoms with Gasteiger partial charge in [-0.15, -0.1) is 5.10 Å². The molecule has 0 aliphatic rings. The number of aryl methyl sites for hydroxylation is 1. The predicted molar refractivity (Wildman–Crippen MR) is 133 cm³/mol. The molecule has 4 aromatic rings. The molecule has 0 bridgehead atoms. The Morgan fingerprint density at radius 1 is 0.971 bits per heavy atom. The fourth-order valence-electron chi connectivity index (χ4n) is 3.30. The van der Waals surface area contributed by atoms with E-state index in [-0.39, 0.29) is 5.91 Å². The van der Waals surface area contributed by atoms with Crippen molar-refractivity contribution in [3.05, 3.63) is 83.9 Å². The molecule has 7 heteroatoms. The van der Waals surface area contributed by atoms with Gasteiger partial charge in [-0.3, -0.25) is 4.79 Å². The monoisotopic (exact) mass is 456 g/mol. The van der Waals surface area contributed by atoms with Crippen LogP contribution in [0.25, 0.3) is 17.1 Å². The Balaban J connectivity index is 1.60. The van der Waals surface area contributed by atoms with Gasteiger partial charge in [-0.25, -0.2) is 4.68 Å². The Kier molecular flexibility index (Phi) is 6.92. The van der Waals surface area contributed by atoms with Crippen molar-refractivity contribution in [2.24, 2.45) is 5.92 Å². The molecule has 174 valence electrons. The highest BCUT2D eigenvalue weighted by Crippen LogP contribution is 2.26. The van der Waals surface area contributed by atoms with Crippen molar-refractivity contribution in [2.75, 3.05) is 19.0 Å². The molecule has 3 aromatic carbocycles. The van der Waals surface area contributed by atoms with Gasteiger partial charge in [0.2, 0.25) is 0 Å². The second-order valence-corrected chi connectivity index (χ2v) is 8.43. The first kappa shape index (κ1) is 23.0. The van der Waals surface area contributed by atoms with Crippen LogP contribution < -0.4 is 14.8 Å². The van der Waals surface area contributed by atoms with Gasteiger partial charge in [-0.2, -0.15) is 4.98 Å². The molecule has 1 N–H and O–H groups in total. The van der Waals surface area contributed by atoms with Gasteiger partial charge < -0.3 is 14.8 Å². The van der Waals surface area contributed by atoms with E-state index in [1.54, 1.807) is 11.8 Å². The molecule has 34 heavy (non-hydrogen) atoms. The normalized spacial score (nSPS) is 10.9. The van der Waals surface area contributed by atoms with Crippen molar-refractivity contribution in [1.29, 1.82) is 0 Å². The number of amides is 1. The Morgan fingerprint density at radius 3 is 2.26 bits per heavy atom. The Labute approximate surface area is 199 Å². The number of rotatable bonds is 8. The fraction of sp³-hybridized carbons (Fsp3) is 0.222. The van der Waals surface area contributed by atoms with Gasteiger partial charge >= 0.3 is 6.01 Å². The molecule has 0 radical (unpaired) electrons. The van der Waals surface area contributed by atoms with Crippen LogP contribution in [-0.4, -0.2) is 34.4 Å².